The summed E-state index contributed by atoms with van der Waals surface area (Å²) in [5.41, 5.74) is 0.0769. The number of hydrogen-bond donors (Lipinski definition) is 1. The van der Waals surface area contributed by atoms with Gasteiger partial charge in [0.15, 0.2) is 11.6 Å². The Hall–Kier alpha value is -2.08. The molecule has 2 aromatic rings. The second-order valence-electron chi connectivity index (χ2n) is 3.99. The van der Waals surface area contributed by atoms with Crippen LogP contribution in [0.2, 0.25) is 0 Å². The van der Waals surface area contributed by atoms with Crippen molar-refractivity contribution in [2.24, 2.45) is 0 Å². The third-order valence-electron chi connectivity index (χ3n) is 2.69. The smallest absolute Gasteiger partial charge is 0.387 e. The highest BCUT2D eigenvalue weighted by atomic mass is 19.3. The zero-order valence-electron chi connectivity index (χ0n) is 10.1. The largest absolute Gasteiger partial charge is 0.434 e. The van der Waals surface area contributed by atoms with Gasteiger partial charge < -0.3 is 9.84 Å². The molecule has 0 aliphatic carbocycles. The Morgan fingerprint density at radius 3 is 2.30 bits per heavy atom. The molecular weight excluding hydrogens is 276 g/mol. The highest BCUT2D eigenvalue weighted by molar-refractivity contribution is 5.40. The lowest BCUT2D eigenvalue weighted by Crippen LogP contribution is -2.08. The third-order valence-corrected chi connectivity index (χ3v) is 2.69. The molecule has 20 heavy (non-hydrogen) atoms. The van der Waals surface area contributed by atoms with Crippen LogP contribution in [0.3, 0.4) is 0 Å². The van der Waals surface area contributed by atoms with E-state index in [4.69, 9.17) is 0 Å². The summed E-state index contributed by atoms with van der Waals surface area (Å²) in [5.74, 6) is -2.41. The van der Waals surface area contributed by atoms with Crippen molar-refractivity contribution in [2.45, 2.75) is 12.7 Å². The van der Waals surface area contributed by atoms with Gasteiger partial charge in [0.25, 0.3) is 0 Å². The van der Waals surface area contributed by atoms with Crippen LogP contribution in [0.5, 0.6) is 5.75 Å². The van der Waals surface area contributed by atoms with E-state index in [1.165, 1.54) is 30.3 Å². The van der Waals surface area contributed by atoms with Crippen LogP contribution in [0.1, 0.15) is 17.2 Å². The molecule has 0 bridgehead atoms. The highest BCUT2D eigenvalue weighted by Gasteiger charge is 2.18. The van der Waals surface area contributed by atoms with Crippen molar-refractivity contribution in [3.8, 4) is 5.75 Å². The zero-order valence-corrected chi connectivity index (χ0v) is 10.1. The number of hydrogen-bond acceptors (Lipinski definition) is 2. The molecule has 1 atom stereocenters. The lowest BCUT2D eigenvalue weighted by atomic mass is 10.0. The zero-order chi connectivity index (χ0) is 14.7. The SMILES string of the molecule is OC(c1ccc(F)c(F)c1)c1ccccc1OC(F)F. The van der Waals surface area contributed by atoms with Crippen molar-refractivity contribution in [3.05, 3.63) is 65.2 Å². The van der Waals surface area contributed by atoms with Gasteiger partial charge in [0.1, 0.15) is 11.9 Å². The van der Waals surface area contributed by atoms with E-state index in [9.17, 15) is 22.7 Å². The molecule has 0 fully saturated rings. The van der Waals surface area contributed by atoms with Crippen LogP contribution < -0.4 is 4.74 Å². The van der Waals surface area contributed by atoms with Gasteiger partial charge in [-0.3, -0.25) is 0 Å². The number of alkyl halides is 2. The molecule has 2 aromatic carbocycles. The first-order chi connectivity index (χ1) is 9.49. The molecule has 0 heterocycles. The molecule has 6 heteroatoms. The molecule has 0 spiro atoms. The Labute approximate surface area is 112 Å². The normalized spacial score (nSPS) is 12.5. The Bertz CT molecular complexity index is 601. The Morgan fingerprint density at radius 1 is 0.950 bits per heavy atom. The van der Waals surface area contributed by atoms with Crippen LogP contribution in [0.4, 0.5) is 17.6 Å². The Morgan fingerprint density at radius 2 is 1.65 bits per heavy atom. The first-order valence-electron chi connectivity index (χ1n) is 5.66. The number of halogens is 4. The summed E-state index contributed by atoms with van der Waals surface area (Å²) in [4.78, 5) is 0. The molecule has 0 radical (unpaired) electrons. The molecule has 2 nitrogen and oxygen atoms in total. The van der Waals surface area contributed by atoms with Crippen molar-refractivity contribution in [1.29, 1.82) is 0 Å². The summed E-state index contributed by atoms with van der Waals surface area (Å²) < 4.78 is 54.8. The summed E-state index contributed by atoms with van der Waals surface area (Å²) in [7, 11) is 0. The topological polar surface area (TPSA) is 29.5 Å². The van der Waals surface area contributed by atoms with E-state index >= 15 is 0 Å². The first kappa shape index (κ1) is 14.3. The van der Waals surface area contributed by atoms with Crippen molar-refractivity contribution in [1.82, 2.24) is 0 Å². The van der Waals surface area contributed by atoms with E-state index in [1.807, 2.05) is 0 Å². The monoisotopic (exact) mass is 286 g/mol. The molecule has 0 aliphatic heterocycles. The minimum atomic E-state index is -3.05. The van der Waals surface area contributed by atoms with Crippen LogP contribution >= 0.6 is 0 Å². The lowest BCUT2D eigenvalue weighted by molar-refractivity contribution is -0.0512. The molecule has 1 unspecified atom stereocenters. The van der Waals surface area contributed by atoms with E-state index in [2.05, 4.69) is 4.74 Å². The third kappa shape index (κ3) is 3.08. The quantitative estimate of drug-likeness (QED) is 0.869. The Balaban J connectivity index is 2.37. The summed E-state index contributed by atoms with van der Waals surface area (Å²) in [6, 6.07) is 8.41. The van der Waals surface area contributed by atoms with Crippen LogP contribution in [0.25, 0.3) is 0 Å². The fraction of sp³-hybridized carbons (Fsp3) is 0.143. The predicted molar refractivity (Wildman–Crippen MR) is 63.5 cm³/mol. The number of para-hydroxylation sites is 1. The standard InChI is InChI=1S/C14H10F4O2/c15-10-6-5-8(7-11(10)16)13(19)9-3-1-2-4-12(9)20-14(17)18/h1-7,13-14,19H. The van der Waals surface area contributed by atoms with Gasteiger partial charge in [-0.1, -0.05) is 24.3 Å². The number of benzene rings is 2. The summed E-state index contributed by atoms with van der Waals surface area (Å²) in [6.07, 6.45) is -1.40. The molecule has 0 aromatic heterocycles. The summed E-state index contributed by atoms with van der Waals surface area (Å²) in [6.45, 7) is -3.05. The van der Waals surface area contributed by atoms with Gasteiger partial charge in [0.2, 0.25) is 0 Å². The molecule has 1 N–H and O–H groups in total. The summed E-state index contributed by atoms with van der Waals surface area (Å²) in [5, 5.41) is 10.1. The van der Waals surface area contributed by atoms with Crippen LogP contribution in [0.15, 0.2) is 42.5 Å². The van der Waals surface area contributed by atoms with Crippen molar-refractivity contribution in [3.63, 3.8) is 0 Å². The molecular formula is C14H10F4O2. The molecule has 0 saturated carbocycles. The van der Waals surface area contributed by atoms with Crippen molar-refractivity contribution in [2.75, 3.05) is 0 Å². The van der Waals surface area contributed by atoms with E-state index in [0.717, 1.165) is 12.1 Å². The van der Waals surface area contributed by atoms with Gasteiger partial charge in [0, 0.05) is 5.56 Å². The second-order valence-corrected chi connectivity index (χ2v) is 3.99. The second kappa shape index (κ2) is 5.92. The van der Waals surface area contributed by atoms with Gasteiger partial charge in [-0.15, -0.1) is 0 Å². The molecule has 0 aliphatic rings. The predicted octanol–water partition coefficient (Wildman–Crippen LogP) is 3.65. The van der Waals surface area contributed by atoms with Gasteiger partial charge in [-0.05, 0) is 23.8 Å². The van der Waals surface area contributed by atoms with Crippen molar-refractivity contribution < 1.29 is 27.4 Å². The molecule has 2 rings (SSSR count). The van der Waals surface area contributed by atoms with Gasteiger partial charge in [0.05, 0.1) is 0 Å². The number of aliphatic hydroxyl groups excluding tert-OH is 1. The number of aliphatic hydroxyl groups is 1. The van der Waals surface area contributed by atoms with E-state index < -0.39 is 24.3 Å². The number of ether oxygens (including phenoxy) is 1. The van der Waals surface area contributed by atoms with Crippen molar-refractivity contribution >= 4 is 0 Å². The van der Waals surface area contributed by atoms with Crippen LogP contribution in [-0.2, 0) is 0 Å². The Kier molecular flexibility index (Phi) is 4.24. The maximum Gasteiger partial charge on any atom is 0.387 e. The maximum absolute atomic E-state index is 13.1. The van der Waals surface area contributed by atoms with Gasteiger partial charge >= 0.3 is 6.61 Å². The van der Waals surface area contributed by atoms with E-state index in [-0.39, 0.29) is 16.9 Å². The first-order valence-corrected chi connectivity index (χ1v) is 5.66. The number of rotatable bonds is 4. The molecule has 106 valence electrons. The maximum atomic E-state index is 13.1. The molecule has 0 amide bonds. The highest BCUT2D eigenvalue weighted by Crippen LogP contribution is 2.31. The average Bonchev–Trinajstić information content (AvgIpc) is 2.41. The van der Waals surface area contributed by atoms with Crippen LogP contribution in [-0.4, -0.2) is 11.7 Å². The van der Waals surface area contributed by atoms with E-state index in [1.54, 1.807) is 0 Å². The average molecular weight is 286 g/mol. The van der Waals surface area contributed by atoms with E-state index in [0.29, 0.717) is 0 Å². The van der Waals surface area contributed by atoms with Gasteiger partial charge in [-0.25, -0.2) is 8.78 Å². The van der Waals surface area contributed by atoms with Crippen LogP contribution in [0, 0.1) is 11.6 Å². The minimum absolute atomic E-state index is 0.0363. The fourth-order valence-electron chi connectivity index (χ4n) is 1.77. The van der Waals surface area contributed by atoms with Gasteiger partial charge in [-0.2, -0.15) is 8.78 Å². The summed E-state index contributed by atoms with van der Waals surface area (Å²) >= 11 is 0. The molecule has 0 saturated heterocycles. The minimum Gasteiger partial charge on any atom is -0.434 e. The fourth-order valence-corrected chi connectivity index (χ4v) is 1.77. The lowest BCUT2D eigenvalue weighted by Gasteiger charge is -2.16.